The number of amides is 2. The number of nitrogens with zero attached hydrogens (tertiary/aromatic N) is 3. The van der Waals surface area contributed by atoms with E-state index < -0.39 is 6.09 Å². The summed E-state index contributed by atoms with van der Waals surface area (Å²) in [4.78, 5) is 34.7. The number of nitrogens with one attached hydrogen (secondary N) is 2. The van der Waals surface area contributed by atoms with Crippen LogP contribution < -0.4 is 10.6 Å². The summed E-state index contributed by atoms with van der Waals surface area (Å²) in [6, 6.07) is 7.99. The fraction of sp³-hybridized carbons (Fsp3) is 0.647. The summed E-state index contributed by atoms with van der Waals surface area (Å²) < 4.78 is 16.8. The van der Waals surface area contributed by atoms with Crippen molar-refractivity contribution in [1.82, 2.24) is 15.5 Å². The number of aliphatic hydroxyl groups excluding tert-OH is 1. The van der Waals surface area contributed by atoms with Crippen molar-refractivity contribution in [2.45, 2.75) is 72.8 Å². The molecule has 3 aliphatic rings. The van der Waals surface area contributed by atoms with Gasteiger partial charge in [0.05, 0.1) is 7.11 Å². The van der Waals surface area contributed by atoms with E-state index in [9.17, 15) is 18.8 Å². The molecule has 3 fully saturated rings. The summed E-state index contributed by atoms with van der Waals surface area (Å²) in [5.74, 6) is 1.99. The van der Waals surface area contributed by atoms with Crippen molar-refractivity contribution in [2.24, 2.45) is 23.7 Å². The maximum absolute atomic E-state index is 12.4. The average molecular weight is 873 g/mol. The van der Waals surface area contributed by atoms with Gasteiger partial charge in [0, 0.05) is 70.1 Å². The number of hydrogen-bond donors (Lipinski definition) is 3. The third-order valence-corrected chi connectivity index (χ3v) is 6.82. The summed E-state index contributed by atoms with van der Waals surface area (Å²) >= 11 is 0. The molecule has 12 heteroatoms. The predicted molar refractivity (Wildman–Crippen MR) is 179 cm³/mol. The van der Waals surface area contributed by atoms with Crippen molar-refractivity contribution in [3.8, 4) is 6.07 Å². The number of aldehydes is 1. The van der Waals surface area contributed by atoms with Crippen molar-refractivity contribution in [1.29, 1.82) is 5.26 Å². The summed E-state index contributed by atoms with van der Waals surface area (Å²) in [6.07, 6.45) is 6.04. The minimum Gasteiger partial charge on any atom is -0.647 e. The molecule has 0 spiro atoms. The molecule has 1 saturated carbocycles. The monoisotopic (exact) mass is 872 g/mol. The molecule has 1 aliphatic carbocycles. The number of rotatable bonds is 5. The van der Waals surface area contributed by atoms with Crippen LogP contribution >= 0.6 is 0 Å². The quantitative estimate of drug-likeness (QED) is 0.319. The number of methoxy groups -OCH3 is 1. The Bertz CT molecular complexity index is 990. The molecule has 4 rings (SSSR count). The van der Waals surface area contributed by atoms with Gasteiger partial charge in [-0.05, 0) is 66.7 Å². The smallest absolute Gasteiger partial charge is 0.407 e. The normalized spacial score (nSPS) is 20.0. The van der Waals surface area contributed by atoms with Crippen LogP contribution in [0.3, 0.4) is 0 Å². The molecule has 0 aromatic heterocycles. The first-order valence-corrected chi connectivity index (χ1v) is 15.7. The van der Waals surface area contributed by atoms with Gasteiger partial charge in [0.2, 0.25) is 5.91 Å². The second kappa shape index (κ2) is 29.9. The first-order valence-electron chi connectivity index (χ1n) is 15.7. The van der Waals surface area contributed by atoms with E-state index in [0.717, 1.165) is 43.7 Å². The minimum absolute atomic E-state index is 0. The molecule has 2 amide bonds. The van der Waals surface area contributed by atoms with E-state index in [4.69, 9.17) is 10.4 Å². The van der Waals surface area contributed by atoms with Crippen LogP contribution in [-0.2, 0) is 14.3 Å². The molecule has 4 atom stereocenters. The Morgan fingerprint density at radius 2 is 1.65 bits per heavy atom. The van der Waals surface area contributed by atoms with Gasteiger partial charge in [-0.1, -0.05) is 66.2 Å². The van der Waals surface area contributed by atoms with Gasteiger partial charge in [-0.15, -0.1) is 6.54 Å². The van der Waals surface area contributed by atoms with Crippen LogP contribution in [-0.4, -0.2) is 81.8 Å². The maximum atomic E-state index is 12.4. The van der Waals surface area contributed by atoms with Crippen molar-refractivity contribution >= 4 is 24.0 Å². The van der Waals surface area contributed by atoms with Crippen LogP contribution in [0, 0.1) is 71.9 Å². The van der Waals surface area contributed by atoms with Gasteiger partial charge in [-0.3, -0.25) is 4.79 Å². The van der Waals surface area contributed by atoms with Gasteiger partial charge in [0.15, 0.2) is 0 Å². The van der Waals surface area contributed by atoms with E-state index in [-0.39, 0.29) is 61.3 Å². The second-order valence-corrected chi connectivity index (χ2v) is 11.1. The van der Waals surface area contributed by atoms with Crippen LogP contribution in [0.1, 0.15) is 72.3 Å². The summed E-state index contributed by atoms with van der Waals surface area (Å²) in [6.45, 7) is 16.6. The van der Waals surface area contributed by atoms with E-state index in [1.165, 1.54) is 44.9 Å². The zero-order valence-electron chi connectivity index (χ0n) is 29.1. The molecule has 1 aromatic carbocycles. The zero-order chi connectivity index (χ0) is 34.8. The standard InChI is InChI=1S/C12H20N2O3.C9H10FN.C6H7N2O.C4H10.C2H6.CH4O.U/c1-17-12(16)13-6-11(15)14-7-9-4-2-3-5-10(9)8-14;1-7(11-2)8-3-5-9(10)6-4-8;7-2-6-1-5(4-9)3-8-6;1-4(2)3;2*1-2;/h9-10H,2-8H2,1H3,(H,13,16);3-6,11H,1H2,2H3;4-6H,1,3H2;4H,1-3H3;1-2H3;2H,1H3;/q;;-1;;;;. The van der Waals surface area contributed by atoms with E-state index >= 15 is 0 Å². The number of aliphatic hydroxyl groups is 1. The minimum atomic E-state index is -0.546. The Morgan fingerprint density at radius 1 is 1.15 bits per heavy atom. The van der Waals surface area contributed by atoms with Gasteiger partial charge in [0.25, 0.3) is 0 Å². The third kappa shape index (κ3) is 21.4. The van der Waals surface area contributed by atoms with Crippen LogP contribution in [0.5, 0.6) is 0 Å². The molecular weight excluding hydrogens is 815 g/mol. The second-order valence-electron chi connectivity index (χ2n) is 11.1. The largest absolute Gasteiger partial charge is 0.647 e. The van der Waals surface area contributed by atoms with Gasteiger partial charge >= 0.3 is 6.09 Å². The average Bonchev–Trinajstić information content (AvgIpc) is 3.73. The summed E-state index contributed by atoms with van der Waals surface area (Å²) in [5.41, 5.74) is 1.71. The number of carbonyl (C=O) groups is 3. The van der Waals surface area contributed by atoms with Gasteiger partial charge in [-0.2, -0.15) is 5.26 Å². The van der Waals surface area contributed by atoms with Crippen molar-refractivity contribution < 1.29 is 59.7 Å². The number of fused-ring (bicyclic) bond motifs is 1. The van der Waals surface area contributed by atoms with Gasteiger partial charge in [-0.25, -0.2) is 9.18 Å². The number of likely N-dealkylation sites (tertiary alicyclic amines) is 1. The molecule has 46 heavy (non-hydrogen) atoms. The van der Waals surface area contributed by atoms with Crippen molar-refractivity contribution in [2.75, 3.05) is 47.4 Å². The van der Waals surface area contributed by atoms with Crippen molar-refractivity contribution in [3.63, 3.8) is 0 Å². The number of carbonyl (C=O) groups excluding carboxylic acids is 3. The Labute approximate surface area is 300 Å². The Morgan fingerprint density at radius 3 is 2.02 bits per heavy atom. The van der Waals surface area contributed by atoms with E-state index in [1.54, 1.807) is 19.2 Å². The topological polar surface area (TPSA) is 146 Å². The molecule has 2 saturated heterocycles. The summed E-state index contributed by atoms with van der Waals surface area (Å²) in [7, 11) is 4.08. The number of halogens is 1. The first-order chi connectivity index (χ1) is 21.5. The van der Waals surface area contributed by atoms with Crippen molar-refractivity contribution in [3.05, 3.63) is 47.5 Å². The molecule has 260 valence electrons. The van der Waals surface area contributed by atoms with Gasteiger partial charge < -0.3 is 35.5 Å². The molecule has 2 heterocycles. The van der Waals surface area contributed by atoms with Gasteiger partial charge in [0.1, 0.15) is 18.6 Å². The number of benzene rings is 1. The van der Waals surface area contributed by atoms with Crippen LogP contribution in [0.4, 0.5) is 9.18 Å². The summed E-state index contributed by atoms with van der Waals surface area (Å²) in [5, 5.41) is 24.6. The van der Waals surface area contributed by atoms with Crippen LogP contribution in [0.2, 0.25) is 0 Å². The Kier molecular flexibility index (Phi) is 31.2. The number of nitriles is 1. The maximum Gasteiger partial charge on any atom is 0.407 e. The zero-order valence-corrected chi connectivity index (χ0v) is 33.3. The van der Waals surface area contributed by atoms with Crippen LogP contribution in [0.15, 0.2) is 30.8 Å². The third-order valence-electron chi connectivity index (χ3n) is 6.82. The first kappa shape index (κ1) is 48.0. The molecule has 2 aliphatic heterocycles. The molecule has 0 bridgehead atoms. The fourth-order valence-electron chi connectivity index (χ4n) is 4.63. The van der Waals surface area contributed by atoms with E-state index in [1.807, 2.05) is 24.8 Å². The van der Waals surface area contributed by atoms with Crippen LogP contribution in [0.25, 0.3) is 11.0 Å². The molecule has 0 radical (unpaired) electrons. The Hall–Kier alpha value is -2.44. The SMILES string of the molecule is C=C(NC)c1ccc(F)cc1.CC.CC(C)C.CO.COC(=O)NCC(=O)N1CC2CCCCC2C1.N#CC1CC(C=O)C[N-]1.[U]. The van der Waals surface area contributed by atoms with E-state index in [0.29, 0.717) is 24.8 Å². The molecular formula is C34H57FN5O5U-. The molecule has 1 aromatic rings. The molecule has 10 nitrogen and oxygen atoms in total. The predicted octanol–water partition coefficient (Wildman–Crippen LogP) is 5.77. The number of hydrogen-bond acceptors (Lipinski definition) is 7. The molecule has 3 N–H and O–H groups in total. The van der Waals surface area contributed by atoms with E-state index in [2.05, 4.69) is 48.0 Å². The number of alkyl carbamates (subject to hydrolysis) is 1. The molecule has 4 unspecified atom stereocenters. The Balaban J connectivity index is -0.000000557. The number of ether oxygens (including phenoxy) is 1. The fourth-order valence-corrected chi connectivity index (χ4v) is 4.63.